The molecule has 0 aliphatic heterocycles. The zero-order valence-electron chi connectivity index (χ0n) is 9.59. The molecule has 0 radical (unpaired) electrons. The predicted molar refractivity (Wildman–Crippen MR) is 66.5 cm³/mol. The maximum absolute atomic E-state index is 10.9. The molecule has 0 aliphatic rings. The fourth-order valence-corrected chi connectivity index (χ4v) is 1.48. The van der Waals surface area contributed by atoms with E-state index in [0.29, 0.717) is 18.6 Å². The summed E-state index contributed by atoms with van der Waals surface area (Å²) in [5.74, 6) is 0.382. The lowest BCUT2D eigenvalue weighted by atomic mass is 10.3. The van der Waals surface area contributed by atoms with Crippen LogP contribution in [-0.2, 0) is 6.54 Å². The lowest BCUT2D eigenvalue weighted by Gasteiger charge is -2.07. The van der Waals surface area contributed by atoms with Crippen LogP contribution < -0.4 is 5.32 Å². The second-order valence-electron chi connectivity index (χ2n) is 3.55. The summed E-state index contributed by atoms with van der Waals surface area (Å²) in [5.41, 5.74) is 1.82. The van der Waals surface area contributed by atoms with Gasteiger partial charge in [0.15, 0.2) is 6.29 Å². The van der Waals surface area contributed by atoms with Gasteiger partial charge in [-0.05, 0) is 6.92 Å². The summed E-state index contributed by atoms with van der Waals surface area (Å²) >= 11 is 5.78. The summed E-state index contributed by atoms with van der Waals surface area (Å²) in [6.07, 6.45) is 5.24. The van der Waals surface area contributed by atoms with Gasteiger partial charge in [-0.3, -0.25) is 14.8 Å². The molecule has 2 aromatic heterocycles. The Balaban J connectivity index is 2.13. The van der Waals surface area contributed by atoms with Crippen molar-refractivity contribution in [3.8, 4) is 0 Å². The minimum absolute atomic E-state index is 0.123. The summed E-state index contributed by atoms with van der Waals surface area (Å²) in [6.45, 7) is 2.26. The summed E-state index contributed by atoms with van der Waals surface area (Å²) < 4.78 is 0. The van der Waals surface area contributed by atoms with E-state index in [1.807, 2.05) is 6.92 Å². The Bertz CT molecular complexity index is 558. The second-order valence-corrected chi connectivity index (χ2v) is 3.91. The van der Waals surface area contributed by atoms with E-state index in [1.165, 1.54) is 6.33 Å². The Hall–Kier alpha value is -2.08. The minimum atomic E-state index is 0.123. The SMILES string of the molecule is Cc1cnc(CNc2ncnc(Cl)c2C=O)cn1. The van der Waals surface area contributed by atoms with Crippen molar-refractivity contribution < 1.29 is 4.79 Å². The number of aromatic nitrogens is 4. The van der Waals surface area contributed by atoms with Gasteiger partial charge in [-0.25, -0.2) is 9.97 Å². The van der Waals surface area contributed by atoms with Crippen LogP contribution in [0.4, 0.5) is 5.82 Å². The van der Waals surface area contributed by atoms with Crippen LogP contribution in [0.5, 0.6) is 0 Å². The van der Waals surface area contributed by atoms with E-state index < -0.39 is 0 Å². The predicted octanol–water partition coefficient (Wildman–Crippen LogP) is 1.65. The number of anilines is 1. The number of aldehydes is 1. The van der Waals surface area contributed by atoms with Crippen LogP contribution in [0.25, 0.3) is 0 Å². The zero-order valence-corrected chi connectivity index (χ0v) is 10.3. The summed E-state index contributed by atoms with van der Waals surface area (Å²) in [4.78, 5) is 26.9. The highest BCUT2D eigenvalue weighted by molar-refractivity contribution is 6.32. The van der Waals surface area contributed by atoms with Gasteiger partial charge in [0, 0.05) is 6.20 Å². The number of carbonyl (C=O) groups is 1. The number of rotatable bonds is 4. The first-order valence-electron chi connectivity index (χ1n) is 5.18. The standard InChI is InChI=1S/C11H10ClN5O/c1-7-2-14-8(3-13-7)4-15-11-9(5-18)10(12)16-6-17-11/h2-3,5-6H,4H2,1H3,(H,15,16,17). The third kappa shape index (κ3) is 2.78. The molecule has 1 N–H and O–H groups in total. The van der Waals surface area contributed by atoms with Crippen LogP contribution in [0.3, 0.4) is 0 Å². The molecule has 2 heterocycles. The fraction of sp³-hybridized carbons (Fsp3) is 0.182. The molecule has 0 spiro atoms. The van der Waals surface area contributed by atoms with Gasteiger partial charge in [0.05, 0.1) is 29.7 Å². The van der Waals surface area contributed by atoms with E-state index in [2.05, 4.69) is 25.3 Å². The molecule has 92 valence electrons. The average Bonchev–Trinajstić information content (AvgIpc) is 2.38. The summed E-state index contributed by atoms with van der Waals surface area (Å²) in [5, 5.41) is 3.09. The molecule has 18 heavy (non-hydrogen) atoms. The third-order valence-electron chi connectivity index (χ3n) is 2.22. The highest BCUT2D eigenvalue weighted by atomic mass is 35.5. The highest BCUT2D eigenvalue weighted by Crippen LogP contribution is 2.17. The van der Waals surface area contributed by atoms with Crippen LogP contribution in [0, 0.1) is 6.92 Å². The maximum Gasteiger partial charge on any atom is 0.156 e. The molecule has 2 aromatic rings. The third-order valence-corrected chi connectivity index (χ3v) is 2.53. The molecule has 0 aromatic carbocycles. The first-order chi connectivity index (χ1) is 8.70. The van der Waals surface area contributed by atoms with E-state index in [9.17, 15) is 4.79 Å². The molecular formula is C11H10ClN5O. The first kappa shape index (κ1) is 12.4. The molecule has 0 unspecified atom stereocenters. The second kappa shape index (κ2) is 5.50. The van der Waals surface area contributed by atoms with Crippen molar-refractivity contribution in [2.24, 2.45) is 0 Å². The highest BCUT2D eigenvalue weighted by Gasteiger charge is 2.08. The van der Waals surface area contributed by atoms with Gasteiger partial charge in [0.1, 0.15) is 17.3 Å². The van der Waals surface area contributed by atoms with Crippen LogP contribution in [-0.4, -0.2) is 26.2 Å². The van der Waals surface area contributed by atoms with Crippen molar-refractivity contribution in [3.05, 3.63) is 40.8 Å². The van der Waals surface area contributed by atoms with Crippen LogP contribution in [0.2, 0.25) is 5.15 Å². The maximum atomic E-state index is 10.9. The average molecular weight is 264 g/mol. The van der Waals surface area contributed by atoms with Crippen molar-refractivity contribution in [1.82, 2.24) is 19.9 Å². The van der Waals surface area contributed by atoms with Crippen molar-refractivity contribution >= 4 is 23.7 Å². The lowest BCUT2D eigenvalue weighted by Crippen LogP contribution is -2.07. The van der Waals surface area contributed by atoms with E-state index in [4.69, 9.17) is 11.6 Å². The minimum Gasteiger partial charge on any atom is -0.364 e. The monoisotopic (exact) mass is 263 g/mol. The number of hydrogen-bond donors (Lipinski definition) is 1. The lowest BCUT2D eigenvalue weighted by molar-refractivity contribution is 0.112. The van der Waals surface area contributed by atoms with Gasteiger partial charge in [0.2, 0.25) is 0 Å². The molecule has 2 rings (SSSR count). The Labute approximate surface area is 108 Å². The number of nitrogens with one attached hydrogen (secondary N) is 1. The van der Waals surface area contributed by atoms with E-state index in [-0.39, 0.29) is 10.7 Å². The van der Waals surface area contributed by atoms with E-state index in [0.717, 1.165) is 11.4 Å². The quantitative estimate of drug-likeness (QED) is 0.667. The number of aryl methyl sites for hydroxylation is 1. The molecular weight excluding hydrogens is 254 g/mol. The summed E-state index contributed by atoms with van der Waals surface area (Å²) in [7, 11) is 0. The van der Waals surface area contributed by atoms with E-state index >= 15 is 0 Å². The van der Waals surface area contributed by atoms with Gasteiger partial charge in [-0.1, -0.05) is 11.6 Å². The largest absolute Gasteiger partial charge is 0.364 e. The van der Waals surface area contributed by atoms with E-state index in [1.54, 1.807) is 12.4 Å². The van der Waals surface area contributed by atoms with Crippen LogP contribution in [0.15, 0.2) is 18.7 Å². The molecule has 0 saturated heterocycles. The van der Waals surface area contributed by atoms with Crippen LogP contribution in [0.1, 0.15) is 21.7 Å². The first-order valence-corrected chi connectivity index (χ1v) is 5.55. The molecule has 0 fully saturated rings. The van der Waals surface area contributed by atoms with Gasteiger partial charge < -0.3 is 5.32 Å². The molecule has 0 saturated carbocycles. The number of hydrogen-bond acceptors (Lipinski definition) is 6. The topological polar surface area (TPSA) is 80.7 Å². The Morgan fingerprint density at radius 3 is 2.78 bits per heavy atom. The molecule has 6 nitrogen and oxygen atoms in total. The molecule has 0 bridgehead atoms. The van der Waals surface area contributed by atoms with Gasteiger partial charge in [0.25, 0.3) is 0 Å². The Morgan fingerprint density at radius 2 is 2.11 bits per heavy atom. The number of carbonyl (C=O) groups excluding carboxylic acids is 1. The number of nitrogens with zero attached hydrogens (tertiary/aromatic N) is 4. The van der Waals surface area contributed by atoms with Crippen molar-refractivity contribution in [1.29, 1.82) is 0 Å². The van der Waals surface area contributed by atoms with Crippen molar-refractivity contribution in [3.63, 3.8) is 0 Å². The smallest absolute Gasteiger partial charge is 0.156 e. The summed E-state index contributed by atoms with van der Waals surface area (Å²) in [6, 6.07) is 0. The molecule has 0 atom stereocenters. The molecule has 0 amide bonds. The zero-order chi connectivity index (χ0) is 13.0. The fourth-order valence-electron chi connectivity index (χ4n) is 1.30. The van der Waals surface area contributed by atoms with Crippen molar-refractivity contribution in [2.75, 3.05) is 5.32 Å². The van der Waals surface area contributed by atoms with Crippen molar-refractivity contribution in [2.45, 2.75) is 13.5 Å². The van der Waals surface area contributed by atoms with Crippen LogP contribution >= 0.6 is 11.6 Å². The molecule has 7 heteroatoms. The van der Waals surface area contributed by atoms with Gasteiger partial charge in [-0.15, -0.1) is 0 Å². The number of halogens is 1. The molecule has 0 aliphatic carbocycles. The Kier molecular flexibility index (Phi) is 3.78. The van der Waals surface area contributed by atoms with Gasteiger partial charge in [-0.2, -0.15) is 0 Å². The normalized spacial score (nSPS) is 10.1. The Morgan fingerprint density at radius 1 is 1.28 bits per heavy atom. The van der Waals surface area contributed by atoms with Gasteiger partial charge >= 0.3 is 0 Å².